The van der Waals surface area contributed by atoms with Crippen LogP contribution in [0.1, 0.15) is 24.2 Å². The van der Waals surface area contributed by atoms with E-state index >= 15 is 0 Å². The highest BCUT2D eigenvalue weighted by Crippen LogP contribution is 2.22. The first-order valence-electron chi connectivity index (χ1n) is 6.96. The lowest BCUT2D eigenvalue weighted by molar-refractivity contribution is 0.0735. The summed E-state index contributed by atoms with van der Waals surface area (Å²) in [5.74, 6) is 0.214. The highest BCUT2D eigenvalue weighted by atomic mass is 79.9. The monoisotopic (exact) mass is 347 g/mol. The maximum Gasteiger partial charge on any atom is 0.343 e. The van der Waals surface area contributed by atoms with Crippen LogP contribution in [0.5, 0.6) is 5.75 Å². The van der Waals surface area contributed by atoms with Crippen molar-refractivity contribution in [3.8, 4) is 5.75 Å². The zero-order valence-electron chi connectivity index (χ0n) is 12.2. The molecule has 0 bridgehead atoms. The lowest BCUT2D eigenvalue weighted by atomic mass is 10.2. The van der Waals surface area contributed by atoms with Gasteiger partial charge < -0.3 is 9.64 Å². The fourth-order valence-electron chi connectivity index (χ4n) is 2.08. The number of halogens is 1. The van der Waals surface area contributed by atoms with Gasteiger partial charge in [-0.1, -0.05) is 22.0 Å². The summed E-state index contributed by atoms with van der Waals surface area (Å²) in [4.78, 5) is 14.3. The van der Waals surface area contributed by atoms with Crippen molar-refractivity contribution < 1.29 is 9.53 Å². The molecule has 0 saturated carbocycles. The normalized spacial score (nSPS) is 10.2. The second-order valence-corrected chi connectivity index (χ2v) is 5.48. The maximum atomic E-state index is 12.1. The van der Waals surface area contributed by atoms with Crippen LogP contribution in [0.3, 0.4) is 0 Å². The second-order valence-electron chi connectivity index (χ2n) is 4.57. The third-order valence-corrected chi connectivity index (χ3v) is 3.77. The van der Waals surface area contributed by atoms with Crippen LogP contribution in [0.4, 0.5) is 5.69 Å². The molecule has 0 unspecified atom stereocenters. The second kappa shape index (κ2) is 7.27. The van der Waals surface area contributed by atoms with E-state index in [1.54, 1.807) is 18.2 Å². The van der Waals surface area contributed by atoms with Crippen LogP contribution >= 0.6 is 15.9 Å². The predicted molar refractivity (Wildman–Crippen MR) is 89.1 cm³/mol. The molecule has 3 nitrogen and oxygen atoms in total. The van der Waals surface area contributed by atoms with Crippen LogP contribution < -0.4 is 9.64 Å². The average Bonchev–Trinajstić information content (AvgIpc) is 2.49. The van der Waals surface area contributed by atoms with Crippen molar-refractivity contribution in [2.75, 3.05) is 18.0 Å². The first kappa shape index (κ1) is 15.6. The van der Waals surface area contributed by atoms with Gasteiger partial charge in [-0.3, -0.25) is 0 Å². The predicted octanol–water partition coefficient (Wildman–Crippen LogP) is 4.51. The molecule has 0 N–H and O–H groups in total. The number of esters is 1. The van der Waals surface area contributed by atoms with Gasteiger partial charge in [-0.15, -0.1) is 0 Å². The third-order valence-electron chi connectivity index (χ3n) is 3.24. The molecular weight excluding hydrogens is 330 g/mol. The van der Waals surface area contributed by atoms with Gasteiger partial charge >= 0.3 is 5.97 Å². The van der Waals surface area contributed by atoms with E-state index in [1.165, 1.54) is 0 Å². The molecule has 2 aromatic carbocycles. The van der Waals surface area contributed by atoms with Gasteiger partial charge in [0, 0.05) is 29.3 Å². The van der Waals surface area contributed by atoms with Gasteiger partial charge in [0.15, 0.2) is 0 Å². The van der Waals surface area contributed by atoms with E-state index in [-0.39, 0.29) is 5.97 Å². The van der Waals surface area contributed by atoms with Crippen molar-refractivity contribution in [1.29, 1.82) is 0 Å². The summed E-state index contributed by atoms with van der Waals surface area (Å²) in [7, 11) is 0. The molecule has 0 aliphatic carbocycles. The summed E-state index contributed by atoms with van der Waals surface area (Å²) < 4.78 is 6.37. The van der Waals surface area contributed by atoms with Crippen molar-refractivity contribution in [2.24, 2.45) is 0 Å². The summed E-state index contributed by atoms with van der Waals surface area (Å²) in [6.45, 7) is 6.04. The molecule has 0 heterocycles. The SMILES string of the molecule is CCN(CC)c1cccc(OC(=O)c2ccc(Br)cc2)c1. The maximum absolute atomic E-state index is 12.1. The number of carbonyl (C=O) groups excluding carboxylic acids is 1. The van der Waals surface area contributed by atoms with Crippen LogP contribution in [0.25, 0.3) is 0 Å². The Hall–Kier alpha value is -1.81. The summed E-state index contributed by atoms with van der Waals surface area (Å²) in [5, 5.41) is 0. The minimum atomic E-state index is -0.348. The molecule has 0 aliphatic heterocycles. The minimum absolute atomic E-state index is 0.348. The average molecular weight is 348 g/mol. The highest BCUT2D eigenvalue weighted by Gasteiger charge is 2.10. The first-order chi connectivity index (χ1) is 10.1. The van der Waals surface area contributed by atoms with E-state index in [0.717, 1.165) is 23.2 Å². The quantitative estimate of drug-likeness (QED) is 0.588. The first-order valence-corrected chi connectivity index (χ1v) is 7.76. The number of hydrogen-bond donors (Lipinski definition) is 0. The molecule has 2 aromatic rings. The van der Waals surface area contributed by atoms with Crippen LogP contribution in [-0.2, 0) is 0 Å². The summed E-state index contributed by atoms with van der Waals surface area (Å²) in [6, 6.07) is 14.7. The van der Waals surface area contributed by atoms with E-state index in [4.69, 9.17) is 4.74 Å². The van der Waals surface area contributed by atoms with Crippen LogP contribution in [0, 0.1) is 0 Å². The molecule has 21 heavy (non-hydrogen) atoms. The van der Waals surface area contributed by atoms with E-state index in [1.807, 2.05) is 30.3 Å². The number of hydrogen-bond acceptors (Lipinski definition) is 3. The van der Waals surface area contributed by atoms with E-state index in [0.29, 0.717) is 11.3 Å². The van der Waals surface area contributed by atoms with Crippen LogP contribution in [-0.4, -0.2) is 19.1 Å². The Kier molecular flexibility index (Phi) is 5.39. The van der Waals surface area contributed by atoms with Gasteiger partial charge in [-0.25, -0.2) is 4.79 Å². The Morgan fingerprint density at radius 3 is 2.38 bits per heavy atom. The molecule has 0 spiro atoms. The van der Waals surface area contributed by atoms with Crippen molar-refractivity contribution in [3.63, 3.8) is 0 Å². The molecule has 0 amide bonds. The lowest BCUT2D eigenvalue weighted by Gasteiger charge is -2.21. The van der Waals surface area contributed by atoms with E-state index < -0.39 is 0 Å². The Bertz CT molecular complexity index is 606. The summed E-state index contributed by atoms with van der Waals surface area (Å²) >= 11 is 3.35. The zero-order chi connectivity index (χ0) is 15.2. The molecule has 0 saturated heterocycles. The van der Waals surface area contributed by atoms with E-state index in [2.05, 4.69) is 34.7 Å². The standard InChI is InChI=1S/C17H18BrNO2/c1-3-19(4-2)15-6-5-7-16(12-15)21-17(20)13-8-10-14(18)11-9-13/h5-12H,3-4H2,1-2H3. The molecule has 0 radical (unpaired) electrons. The molecule has 0 atom stereocenters. The molecule has 0 fully saturated rings. The highest BCUT2D eigenvalue weighted by molar-refractivity contribution is 9.10. The van der Waals surface area contributed by atoms with Gasteiger partial charge in [0.25, 0.3) is 0 Å². The minimum Gasteiger partial charge on any atom is -0.423 e. The third kappa shape index (κ3) is 4.08. The molecule has 4 heteroatoms. The molecular formula is C17H18BrNO2. The fourth-order valence-corrected chi connectivity index (χ4v) is 2.35. The van der Waals surface area contributed by atoms with Gasteiger partial charge in [0.1, 0.15) is 5.75 Å². The Balaban J connectivity index is 2.14. The Labute approximate surface area is 133 Å². The number of rotatable bonds is 5. The molecule has 110 valence electrons. The zero-order valence-corrected chi connectivity index (χ0v) is 13.8. The van der Waals surface area contributed by atoms with Crippen molar-refractivity contribution >= 4 is 27.6 Å². The van der Waals surface area contributed by atoms with Gasteiger partial charge in [0.2, 0.25) is 0 Å². The number of benzene rings is 2. The summed E-state index contributed by atoms with van der Waals surface area (Å²) in [6.07, 6.45) is 0. The molecule has 2 rings (SSSR count). The van der Waals surface area contributed by atoms with Crippen LogP contribution in [0.15, 0.2) is 53.0 Å². The number of nitrogens with zero attached hydrogens (tertiary/aromatic N) is 1. The fraction of sp³-hybridized carbons (Fsp3) is 0.235. The number of ether oxygens (including phenoxy) is 1. The largest absolute Gasteiger partial charge is 0.423 e. The Morgan fingerprint density at radius 2 is 1.76 bits per heavy atom. The number of anilines is 1. The topological polar surface area (TPSA) is 29.5 Å². The van der Waals surface area contributed by atoms with Crippen molar-refractivity contribution in [2.45, 2.75) is 13.8 Å². The van der Waals surface area contributed by atoms with Crippen LogP contribution in [0.2, 0.25) is 0 Å². The van der Waals surface area contributed by atoms with Gasteiger partial charge in [-0.2, -0.15) is 0 Å². The Morgan fingerprint density at radius 1 is 1.10 bits per heavy atom. The van der Waals surface area contributed by atoms with Crippen molar-refractivity contribution in [1.82, 2.24) is 0 Å². The molecule has 0 aliphatic rings. The summed E-state index contributed by atoms with van der Waals surface area (Å²) in [5.41, 5.74) is 1.59. The van der Waals surface area contributed by atoms with E-state index in [9.17, 15) is 4.79 Å². The number of carbonyl (C=O) groups is 1. The van der Waals surface area contributed by atoms with Gasteiger partial charge in [-0.05, 0) is 50.2 Å². The molecule has 0 aromatic heterocycles. The smallest absolute Gasteiger partial charge is 0.343 e. The van der Waals surface area contributed by atoms with Crippen molar-refractivity contribution in [3.05, 3.63) is 58.6 Å². The lowest BCUT2D eigenvalue weighted by Crippen LogP contribution is -2.21. The van der Waals surface area contributed by atoms with Gasteiger partial charge in [0.05, 0.1) is 5.56 Å².